The predicted molar refractivity (Wildman–Crippen MR) is 151 cm³/mol. The summed E-state index contributed by atoms with van der Waals surface area (Å²) in [4.78, 5) is 13.0. The van der Waals surface area contributed by atoms with Crippen molar-refractivity contribution < 1.29 is 74.1 Å². The standard InChI is InChI=1S/C30H48O15/c1-14(7-9-41-28-24(36)22(34)19(13-32)43-28)5-4-6-15(2)26(38)42-17-11-30(3,39)20-16(17)8-10-40-27(20)45-29-25(37)23(35)21(33)18(12-31)44-29/h6,8,10,14,16-25,27-29,31-37,39H,4-5,7,9,11-13H2,1-3H3/b15-6+/t14-,16+,17-,18-,19-,20-,21-,22-,23+,24+,25-,27+,28+,29+,30+/m1/s1. The maximum Gasteiger partial charge on any atom is 0.333 e. The van der Waals surface area contributed by atoms with Gasteiger partial charge in [-0.05, 0) is 45.1 Å². The van der Waals surface area contributed by atoms with Gasteiger partial charge in [-0.15, -0.1) is 0 Å². The van der Waals surface area contributed by atoms with Crippen LogP contribution in [0.25, 0.3) is 0 Å². The third-order valence-electron chi connectivity index (χ3n) is 9.18. The van der Waals surface area contributed by atoms with Crippen molar-refractivity contribution in [2.75, 3.05) is 19.8 Å². The van der Waals surface area contributed by atoms with Crippen molar-refractivity contribution in [1.29, 1.82) is 0 Å². The first-order valence-electron chi connectivity index (χ1n) is 15.4. The quantitative estimate of drug-likeness (QED) is 0.0811. The van der Waals surface area contributed by atoms with Gasteiger partial charge in [-0.2, -0.15) is 0 Å². The van der Waals surface area contributed by atoms with Crippen LogP contribution in [-0.2, 0) is 33.2 Å². The predicted octanol–water partition coefficient (Wildman–Crippen LogP) is -1.82. The SMILES string of the molecule is C/C(=C\CC[C@@H](C)CCO[C@H]1O[C@H](CO)[C@@H](O)[C@@H]1O)C(=O)O[C@@H]1C[C@](C)(O)[C@H]2[C@H](O[C@@H]3O[C@H](CO)[C@@H](O)[C@H](O)[C@H]3O)OC=C[C@H]21. The highest BCUT2D eigenvalue weighted by molar-refractivity contribution is 5.87. The van der Waals surface area contributed by atoms with Gasteiger partial charge in [-0.1, -0.05) is 13.0 Å². The van der Waals surface area contributed by atoms with Crippen LogP contribution in [-0.4, -0.2) is 140 Å². The highest BCUT2D eigenvalue weighted by atomic mass is 16.8. The number of aliphatic hydroxyl groups excluding tert-OH is 7. The smallest absolute Gasteiger partial charge is 0.333 e. The van der Waals surface area contributed by atoms with Crippen LogP contribution in [0.5, 0.6) is 0 Å². The number of allylic oxidation sites excluding steroid dienone is 1. The number of carbonyl (C=O) groups is 1. The lowest BCUT2D eigenvalue weighted by molar-refractivity contribution is -0.346. The number of aliphatic hydroxyl groups is 8. The van der Waals surface area contributed by atoms with E-state index in [1.165, 1.54) is 6.26 Å². The maximum absolute atomic E-state index is 13.0. The summed E-state index contributed by atoms with van der Waals surface area (Å²) in [5, 5.41) is 80.3. The minimum atomic E-state index is -1.65. The Balaban J connectivity index is 1.25. The fourth-order valence-electron chi connectivity index (χ4n) is 6.32. The second-order valence-electron chi connectivity index (χ2n) is 12.7. The summed E-state index contributed by atoms with van der Waals surface area (Å²) in [6.45, 7) is 4.45. The lowest BCUT2D eigenvalue weighted by Crippen LogP contribution is -2.60. The first kappa shape index (κ1) is 36.1. The van der Waals surface area contributed by atoms with Crippen LogP contribution in [0.15, 0.2) is 24.0 Å². The van der Waals surface area contributed by atoms with Crippen LogP contribution in [0, 0.1) is 17.8 Å². The van der Waals surface area contributed by atoms with Crippen LogP contribution < -0.4 is 0 Å². The van der Waals surface area contributed by atoms with Gasteiger partial charge in [-0.25, -0.2) is 4.79 Å². The lowest BCUT2D eigenvalue weighted by Gasteiger charge is -2.43. The van der Waals surface area contributed by atoms with E-state index < -0.39 is 104 Å². The van der Waals surface area contributed by atoms with Gasteiger partial charge in [0.05, 0.1) is 37.6 Å². The molecule has 1 aliphatic carbocycles. The second-order valence-corrected chi connectivity index (χ2v) is 12.7. The zero-order valence-electron chi connectivity index (χ0n) is 25.7. The van der Waals surface area contributed by atoms with Crippen LogP contribution in [0.2, 0.25) is 0 Å². The third-order valence-corrected chi connectivity index (χ3v) is 9.18. The lowest BCUT2D eigenvalue weighted by atomic mass is 9.85. The van der Waals surface area contributed by atoms with E-state index in [4.69, 9.17) is 28.4 Å². The molecule has 0 bridgehead atoms. The Labute approximate surface area is 261 Å². The van der Waals surface area contributed by atoms with Crippen molar-refractivity contribution in [3.8, 4) is 0 Å². The molecule has 4 aliphatic rings. The Hall–Kier alpha value is -1.73. The van der Waals surface area contributed by atoms with Crippen LogP contribution >= 0.6 is 0 Å². The first-order valence-corrected chi connectivity index (χ1v) is 15.4. The van der Waals surface area contributed by atoms with Crippen LogP contribution in [0.4, 0.5) is 0 Å². The Bertz CT molecular complexity index is 1030. The third kappa shape index (κ3) is 8.23. The molecule has 15 atom stereocenters. The van der Waals surface area contributed by atoms with Gasteiger partial charge < -0.3 is 69.3 Å². The zero-order chi connectivity index (χ0) is 33.1. The molecule has 15 nitrogen and oxygen atoms in total. The summed E-state index contributed by atoms with van der Waals surface area (Å²) in [6, 6.07) is 0. The molecular weight excluding hydrogens is 600 g/mol. The number of rotatable bonds is 13. The molecule has 0 spiro atoms. The Kier molecular flexibility index (Phi) is 12.4. The van der Waals surface area contributed by atoms with E-state index in [0.29, 0.717) is 18.4 Å². The molecule has 8 N–H and O–H groups in total. The van der Waals surface area contributed by atoms with Crippen molar-refractivity contribution in [2.24, 2.45) is 17.8 Å². The molecule has 0 aromatic rings. The topological polar surface area (TPSA) is 234 Å². The second kappa shape index (κ2) is 15.4. The van der Waals surface area contributed by atoms with Crippen molar-refractivity contribution >= 4 is 5.97 Å². The van der Waals surface area contributed by atoms with Gasteiger partial charge in [0, 0.05) is 17.9 Å². The van der Waals surface area contributed by atoms with E-state index in [9.17, 15) is 45.6 Å². The molecule has 0 aromatic heterocycles. The summed E-state index contributed by atoms with van der Waals surface area (Å²) < 4.78 is 33.5. The molecule has 3 aliphatic heterocycles. The highest BCUT2D eigenvalue weighted by Gasteiger charge is 2.58. The molecule has 15 heteroatoms. The summed E-state index contributed by atoms with van der Waals surface area (Å²) in [5.41, 5.74) is -1.01. The van der Waals surface area contributed by atoms with E-state index in [-0.39, 0.29) is 18.9 Å². The van der Waals surface area contributed by atoms with Gasteiger partial charge in [0.15, 0.2) is 12.6 Å². The van der Waals surface area contributed by atoms with Gasteiger partial charge in [0.25, 0.3) is 0 Å². The minimum absolute atomic E-state index is 0.0795. The monoisotopic (exact) mass is 648 g/mol. The summed E-state index contributed by atoms with van der Waals surface area (Å²) in [7, 11) is 0. The zero-order valence-corrected chi connectivity index (χ0v) is 25.7. The minimum Gasteiger partial charge on any atom is -0.472 e. The molecule has 3 heterocycles. The summed E-state index contributed by atoms with van der Waals surface area (Å²) >= 11 is 0. The molecular formula is C30H48O15. The molecule has 2 saturated heterocycles. The molecule has 0 unspecified atom stereocenters. The fraction of sp³-hybridized carbons (Fsp3) is 0.833. The number of fused-ring (bicyclic) bond motifs is 1. The van der Waals surface area contributed by atoms with Crippen molar-refractivity contribution in [3.63, 3.8) is 0 Å². The fourth-order valence-corrected chi connectivity index (χ4v) is 6.32. The Morgan fingerprint density at radius 3 is 2.24 bits per heavy atom. The number of carbonyl (C=O) groups excluding carboxylic acids is 1. The Morgan fingerprint density at radius 2 is 1.58 bits per heavy atom. The molecule has 258 valence electrons. The molecule has 4 rings (SSSR count). The largest absolute Gasteiger partial charge is 0.472 e. The van der Waals surface area contributed by atoms with E-state index in [1.807, 2.05) is 6.92 Å². The highest BCUT2D eigenvalue weighted by Crippen LogP contribution is 2.48. The summed E-state index contributed by atoms with van der Waals surface area (Å²) in [6.07, 6.45) is -6.85. The van der Waals surface area contributed by atoms with E-state index >= 15 is 0 Å². The first-order chi connectivity index (χ1) is 21.3. The molecule has 1 saturated carbocycles. The van der Waals surface area contributed by atoms with E-state index in [1.54, 1.807) is 26.0 Å². The molecule has 3 fully saturated rings. The molecule has 45 heavy (non-hydrogen) atoms. The molecule has 0 amide bonds. The van der Waals surface area contributed by atoms with Crippen molar-refractivity contribution in [2.45, 2.75) is 120 Å². The van der Waals surface area contributed by atoms with Gasteiger partial charge >= 0.3 is 5.97 Å². The Morgan fingerprint density at radius 1 is 0.956 bits per heavy atom. The average Bonchev–Trinajstić information content (AvgIpc) is 3.43. The number of ether oxygens (including phenoxy) is 6. The number of esters is 1. The maximum atomic E-state index is 13.0. The number of hydrogen-bond acceptors (Lipinski definition) is 15. The van der Waals surface area contributed by atoms with Crippen molar-refractivity contribution in [1.82, 2.24) is 0 Å². The van der Waals surface area contributed by atoms with Gasteiger partial charge in [-0.3, -0.25) is 0 Å². The molecule has 0 aromatic carbocycles. The van der Waals surface area contributed by atoms with Gasteiger partial charge in [0.2, 0.25) is 6.29 Å². The number of hydrogen-bond donors (Lipinski definition) is 8. The van der Waals surface area contributed by atoms with Crippen molar-refractivity contribution in [3.05, 3.63) is 24.0 Å². The summed E-state index contributed by atoms with van der Waals surface area (Å²) in [5.74, 6) is -1.57. The average molecular weight is 649 g/mol. The van der Waals surface area contributed by atoms with E-state index in [2.05, 4.69) is 0 Å². The molecule has 0 radical (unpaired) electrons. The normalized spacial score (nSPS) is 44.0. The van der Waals surface area contributed by atoms with Crippen LogP contribution in [0.3, 0.4) is 0 Å². The van der Waals surface area contributed by atoms with E-state index in [0.717, 1.165) is 6.42 Å². The van der Waals surface area contributed by atoms with Crippen LogP contribution in [0.1, 0.15) is 46.5 Å². The van der Waals surface area contributed by atoms with Gasteiger partial charge in [0.1, 0.15) is 48.8 Å².